The summed E-state index contributed by atoms with van der Waals surface area (Å²) >= 11 is 6.23. The summed E-state index contributed by atoms with van der Waals surface area (Å²) in [5.74, 6) is -1.54. The van der Waals surface area contributed by atoms with Crippen LogP contribution >= 0.6 is 11.6 Å². The molecule has 7 nitrogen and oxygen atoms in total. The summed E-state index contributed by atoms with van der Waals surface area (Å²) in [6.07, 6.45) is 0. The van der Waals surface area contributed by atoms with Crippen molar-refractivity contribution in [1.29, 1.82) is 0 Å². The van der Waals surface area contributed by atoms with Gasteiger partial charge in [0.05, 0.1) is 5.69 Å². The summed E-state index contributed by atoms with van der Waals surface area (Å²) < 4.78 is 0. The van der Waals surface area contributed by atoms with Gasteiger partial charge >= 0.3 is 0 Å². The van der Waals surface area contributed by atoms with E-state index in [1.165, 1.54) is 6.92 Å². The van der Waals surface area contributed by atoms with Crippen molar-refractivity contribution in [2.75, 3.05) is 15.5 Å². The zero-order valence-electron chi connectivity index (χ0n) is 19.3. The molecule has 2 N–H and O–H groups in total. The van der Waals surface area contributed by atoms with Gasteiger partial charge in [0, 0.05) is 22.5 Å². The van der Waals surface area contributed by atoms with Crippen LogP contribution in [0.15, 0.2) is 77.5 Å². The minimum atomic E-state index is -0.598. The minimum absolute atomic E-state index is 0.0275. The molecule has 3 amide bonds. The Morgan fingerprint density at radius 1 is 0.800 bits per heavy atom. The molecule has 0 unspecified atom stereocenters. The van der Waals surface area contributed by atoms with Gasteiger partial charge in [-0.3, -0.25) is 19.2 Å². The second-order valence-electron chi connectivity index (χ2n) is 8.21. The first-order chi connectivity index (χ1) is 16.7. The number of carbonyl (C=O) groups is 4. The second kappa shape index (κ2) is 9.56. The number of rotatable bonds is 6. The van der Waals surface area contributed by atoms with Gasteiger partial charge in [-0.05, 0) is 86.5 Å². The molecule has 0 spiro atoms. The fourth-order valence-corrected chi connectivity index (χ4v) is 3.84. The van der Waals surface area contributed by atoms with E-state index in [0.29, 0.717) is 28.2 Å². The molecule has 0 saturated carbocycles. The predicted octanol–water partition coefficient (Wildman–Crippen LogP) is 5.19. The van der Waals surface area contributed by atoms with E-state index in [-0.39, 0.29) is 22.4 Å². The number of carbonyl (C=O) groups excluding carboxylic acids is 4. The van der Waals surface area contributed by atoms with Gasteiger partial charge < -0.3 is 10.6 Å². The van der Waals surface area contributed by atoms with E-state index < -0.39 is 11.8 Å². The Morgan fingerprint density at radius 3 is 2.03 bits per heavy atom. The summed E-state index contributed by atoms with van der Waals surface area (Å²) in [5.41, 5.74) is 4.13. The number of nitrogens with zero attached hydrogens (tertiary/aromatic N) is 1. The monoisotopic (exact) mass is 487 g/mol. The lowest BCUT2D eigenvalue weighted by molar-refractivity contribution is -0.120. The number of amides is 3. The van der Waals surface area contributed by atoms with E-state index in [0.717, 1.165) is 16.0 Å². The lowest BCUT2D eigenvalue weighted by atomic mass is 10.1. The van der Waals surface area contributed by atoms with E-state index in [2.05, 4.69) is 10.6 Å². The van der Waals surface area contributed by atoms with E-state index >= 15 is 0 Å². The first-order valence-corrected chi connectivity index (χ1v) is 11.2. The van der Waals surface area contributed by atoms with Crippen LogP contribution < -0.4 is 15.5 Å². The molecule has 0 aliphatic carbocycles. The highest BCUT2D eigenvalue weighted by Gasteiger charge is 2.39. The molecule has 3 aromatic carbocycles. The van der Waals surface area contributed by atoms with Gasteiger partial charge in [0.25, 0.3) is 17.7 Å². The number of halogens is 1. The lowest BCUT2D eigenvalue weighted by Crippen LogP contribution is -2.32. The van der Waals surface area contributed by atoms with Crippen LogP contribution in [0.2, 0.25) is 0 Å². The number of imide groups is 1. The third kappa shape index (κ3) is 4.85. The first kappa shape index (κ1) is 23.9. The van der Waals surface area contributed by atoms with Gasteiger partial charge in [0.15, 0.2) is 5.78 Å². The molecule has 0 aromatic heterocycles. The molecule has 35 heavy (non-hydrogen) atoms. The van der Waals surface area contributed by atoms with Gasteiger partial charge in [-0.15, -0.1) is 0 Å². The number of ketones is 1. The fourth-order valence-electron chi connectivity index (χ4n) is 3.63. The Bertz CT molecular complexity index is 1390. The number of hydrogen-bond donors (Lipinski definition) is 2. The smallest absolute Gasteiger partial charge is 0.283 e. The Morgan fingerprint density at radius 2 is 1.40 bits per heavy atom. The Hall–Kier alpha value is -4.23. The van der Waals surface area contributed by atoms with Crippen LogP contribution in [0, 0.1) is 13.8 Å². The van der Waals surface area contributed by atoms with Crippen LogP contribution in [-0.2, 0) is 9.59 Å². The van der Waals surface area contributed by atoms with Crippen LogP contribution in [0.3, 0.4) is 0 Å². The molecular formula is C27H22ClN3O4. The molecule has 1 aliphatic heterocycles. The van der Waals surface area contributed by atoms with Gasteiger partial charge in [0.2, 0.25) is 0 Å². The SMILES string of the molecule is CC(=O)c1ccc(NC(=O)c2ccc(NC3=C(Cl)C(=O)N(c4cc(C)ccc4C)C3=O)cc2)cc1. The van der Waals surface area contributed by atoms with Crippen molar-refractivity contribution in [1.82, 2.24) is 0 Å². The molecule has 0 radical (unpaired) electrons. The minimum Gasteiger partial charge on any atom is -0.350 e. The second-order valence-corrected chi connectivity index (χ2v) is 8.59. The molecule has 0 saturated heterocycles. The van der Waals surface area contributed by atoms with Crippen molar-refractivity contribution in [3.8, 4) is 0 Å². The van der Waals surface area contributed by atoms with Crippen LogP contribution in [0.1, 0.15) is 38.8 Å². The Balaban J connectivity index is 1.47. The number of hydrogen-bond acceptors (Lipinski definition) is 5. The zero-order chi connectivity index (χ0) is 25.3. The average Bonchev–Trinajstić information content (AvgIpc) is 3.04. The summed E-state index contributed by atoms with van der Waals surface area (Å²) in [5, 5.41) is 5.47. The molecular weight excluding hydrogens is 466 g/mol. The van der Waals surface area contributed by atoms with Gasteiger partial charge in [0.1, 0.15) is 10.7 Å². The number of benzene rings is 3. The van der Waals surface area contributed by atoms with Crippen LogP contribution in [0.5, 0.6) is 0 Å². The zero-order valence-corrected chi connectivity index (χ0v) is 20.1. The Labute approximate surface area is 207 Å². The lowest BCUT2D eigenvalue weighted by Gasteiger charge is -2.18. The van der Waals surface area contributed by atoms with Crippen molar-refractivity contribution >= 4 is 52.2 Å². The molecule has 4 rings (SSSR count). The molecule has 176 valence electrons. The summed E-state index contributed by atoms with van der Waals surface area (Å²) in [4.78, 5) is 50.8. The maximum Gasteiger partial charge on any atom is 0.283 e. The van der Waals surface area contributed by atoms with Crippen LogP contribution in [0.4, 0.5) is 17.1 Å². The number of aryl methyl sites for hydroxylation is 2. The molecule has 1 heterocycles. The molecule has 3 aromatic rings. The van der Waals surface area contributed by atoms with Gasteiger partial charge in [-0.2, -0.15) is 0 Å². The Kier molecular flexibility index (Phi) is 6.53. The summed E-state index contributed by atoms with van der Waals surface area (Å²) in [6.45, 7) is 5.17. The fraction of sp³-hybridized carbons (Fsp3) is 0.111. The maximum atomic E-state index is 13.1. The third-order valence-electron chi connectivity index (χ3n) is 5.60. The summed E-state index contributed by atoms with van der Waals surface area (Å²) in [7, 11) is 0. The van der Waals surface area contributed by atoms with Gasteiger partial charge in [-0.25, -0.2) is 4.90 Å². The molecule has 0 bridgehead atoms. The highest BCUT2D eigenvalue weighted by Crippen LogP contribution is 2.32. The third-order valence-corrected chi connectivity index (χ3v) is 5.95. The highest BCUT2D eigenvalue weighted by molar-refractivity contribution is 6.53. The van der Waals surface area contributed by atoms with Crippen molar-refractivity contribution in [3.05, 3.63) is 99.7 Å². The first-order valence-electron chi connectivity index (χ1n) is 10.8. The highest BCUT2D eigenvalue weighted by atomic mass is 35.5. The van der Waals surface area contributed by atoms with Crippen molar-refractivity contribution < 1.29 is 19.2 Å². The van der Waals surface area contributed by atoms with Crippen LogP contribution in [-0.4, -0.2) is 23.5 Å². The topological polar surface area (TPSA) is 95.6 Å². The van der Waals surface area contributed by atoms with Crippen molar-refractivity contribution in [2.45, 2.75) is 20.8 Å². The molecule has 0 fully saturated rings. The summed E-state index contributed by atoms with van der Waals surface area (Å²) in [6, 6.07) is 18.5. The van der Waals surface area contributed by atoms with E-state index in [9.17, 15) is 19.2 Å². The van der Waals surface area contributed by atoms with E-state index in [1.807, 2.05) is 26.0 Å². The predicted molar refractivity (Wildman–Crippen MR) is 136 cm³/mol. The standard InChI is InChI=1S/C27H22ClN3O4/c1-15-4-5-16(2)22(14-15)31-26(34)23(28)24(27(31)35)29-20-12-8-19(9-13-20)25(33)30-21-10-6-18(7-11-21)17(3)32/h4-14,29H,1-3H3,(H,30,33). The van der Waals surface area contributed by atoms with Gasteiger partial charge in [-0.1, -0.05) is 23.7 Å². The van der Waals surface area contributed by atoms with Crippen molar-refractivity contribution in [3.63, 3.8) is 0 Å². The molecule has 0 atom stereocenters. The molecule has 8 heteroatoms. The quantitative estimate of drug-likeness (QED) is 0.368. The van der Waals surface area contributed by atoms with Crippen LogP contribution in [0.25, 0.3) is 0 Å². The largest absolute Gasteiger partial charge is 0.350 e. The number of Topliss-reactive ketones (excluding diaryl/α,β-unsaturated/α-hetero) is 1. The number of anilines is 3. The maximum absolute atomic E-state index is 13.1. The average molecular weight is 488 g/mol. The van der Waals surface area contributed by atoms with E-state index in [4.69, 9.17) is 11.6 Å². The van der Waals surface area contributed by atoms with Crippen molar-refractivity contribution in [2.24, 2.45) is 0 Å². The number of nitrogens with one attached hydrogen (secondary N) is 2. The van der Waals surface area contributed by atoms with E-state index in [1.54, 1.807) is 54.6 Å². The molecule has 1 aliphatic rings. The normalized spacial score (nSPS) is 13.3.